The molecule has 4 bridgehead atoms. The van der Waals surface area contributed by atoms with Crippen LogP contribution in [0.15, 0.2) is 30.3 Å². The minimum Gasteiger partial charge on any atom is -0.464 e. The maximum absolute atomic E-state index is 13.5. The first-order valence-corrected chi connectivity index (χ1v) is 11.0. The number of carbonyl (C=O) groups excluding carboxylic acids is 2. The largest absolute Gasteiger partial charge is 0.464 e. The Labute approximate surface area is 168 Å². The lowest BCUT2D eigenvalue weighted by Gasteiger charge is -2.57. The monoisotopic (exact) mass is 383 g/mol. The van der Waals surface area contributed by atoms with Gasteiger partial charge in [-0.15, -0.1) is 0 Å². The second-order valence-electron chi connectivity index (χ2n) is 9.53. The van der Waals surface area contributed by atoms with E-state index in [1.54, 1.807) is 11.8 Å². The summed E-state index contributed by atoms with van der Waals surface area (Å²) in [7, 11) is 0. The van der Waals surface area contributed by atoms with Crippen molar-refractivity contribution in [3.63, 3.8) is 0 Å². The van der Waals surface area contributed by atoms with Gasteiger partial charge in [0, 0.05) is 13.0 Å². The molecule has 4 saturated carbocycles. The molecule has 4 heteroatoms. The van der Waals surface area contributed by atoms with E-state index in [1.807, 2.05) is 37.3 Å². The molecule has 1 aromatic rings. The molecule has 4 fully saturated rings. The Morgan fingerprint density at radius 3 is 2.18 bits per heavy atom. The fraction of sp³-hybridized carbons (Fsp3) is 0.667. The van der Waals surface area contributed by atoms with Gasteiger partial charge in [0.15, 0.2) is 0 Å². The molecule has 152 valence electrons. The van der Waals surface area contributed by atoms with Gasteiger partial charge < -0.3 is 9.64 Å². The van der Waals surface area contributed by atoms with Crippen molar-refractivity contribution >= 4 is 11.9 Å². The Hall–Kier alpha value is -1.84. The highest BCUT2D eigenvalue weighted by molar-refractivity contribution is 5.84. The van der Waals surface area contributed by atoms with E-state index in [4.69, 9.17) is 4.74 Å². The molecule has 1 aromatic carbocycles. The predicted octanol–water partition coefficient (Wildman–Crippen LogP) is 4.57. The predicted molar refractivity (Wildman–Crippen MR) is 108 cm³/mol. The molecule has 0 spiro atoms. The number of nitrogens with zero attached hydrogens (tertiary/aromatic N) is 1. The van der Waals surface area contributed by atoms with Gasteiger partial charge in [-0.1, -0.05) is 30.3 Å². The van der Waals surface area contributed by atoms with Gasteiger partial charge >= 0.3 is 5.97 Å². The van der Waals surface area contributed by atoms with E-state index in [2.05, 4.69) is 0 Å². The molecule has 28 heavy (non-hydrogen) atoms. The van der Waals surface area contributed by atoms with Crippen LogP contribution in [0.4, 0.5) is 0 Å². The fourth-order valence-electron chi connectivity index (χ4n) is 6.54. The summed E-state index contributed by atoms with van der Waals surface area (Å²) < 4.78 is 5.23. The second kappa shape index (κ2) is 7.88. The van der Waals surface area contributed by atoms with Crippen LogP contribution in [-0.2, 0) is 20.9 Å². The Morgan fingerprint density at radius 1 is 1.07 bits per heavy atom. The molecule has 1 unspecified atom stereocenters. The van der Waals surface area contributed by atoms with E-state index in [-0.39, 0.29) is 17.3 Å². The Balaban J connectivity index is 1.52. The molecule has 1 atom stereocenters. The first kappa shape index (κ1) is 19.5. The number of hydrogen-bond donors (Lipinski definition) is 0. The van der Waals surface area contributed by atoms with Crippen molar-refractivity contribution in [2.75, 3.05) is 6.61 Å². The summed E-state index contributed by atoms with van der Waals surface area (Å²) in [6.45, 7) is 4.42. The van der Waals surface area contributed by atoms with Crippen LogP contribution in [0.1, 0.15) is 64.4 Å². The van der Waals surface area contributed by atoms with Gasteiger partial charge in [0.05, 0.1) is 6.61 Å². The lowest BCUT2D eigenvalue weighted by atomic mass is 9.49. The fourth-order valence-corrected chi connectivity index (χ4v) is 6.54. The van der Waals surface area contributed by atoms with E-state index < -0.39 is 6.04 Å². The molecule has 0 radical (unpaired) electrons. The van der Waals surface area contributed by atoms with E-state index >= 15 is 0 Å². The summed E-state index contributed by atoms with van der Waals surface area (Å²) in [6, 6.07) is 9.41. The summed E-state index contributed by atoms with van der Waals surface area (Å²) in [4.78, 5) is 27.7. The summed E-state index contributed by atoms with van der Waals surface area (Å²) in [5, 5.41) is 0. The third kappa shape index (κ3) is 3.97. The molecule has 0 heterocycles. The van der Waals surface area contributed by atoms with Crippen molar-refractivity contribution in [3.05, 3.63) is 35.9 Å². The van der Waals surface area contributed by atoms with Crippen molar-refractivity contribution in [2.45, 2.75) is 71.4 Å². The smallest absolute Gasteiger partial charge is 0.328 e. The number of ether oxygens (including phenoxy) is 1. The molecule has 0 aromatic heterocycles. The number of carbonyl (C=O) groups is 2. The molecule has 5 rings (SSSR count). The van der Waals surface area contributed by atoms with Crippen LogP contribution in [-0.4, -0.2) is 29.4 Å². The zero-order chi connectivity index (χ0) is 19.7. The lowest BCUT2D eigenvalue weighted by Crippen LogP contribution is -2.50. The van der Waals surface area contributed by atoms with Crippen molar-refractivity contribution in [3.8, 4) is 0 Å². The highest BCUT2D eigenvalue weighted by Gasteiger charge is 2.52. The van der Waals surface area contributed by atoms with E-state index in [0.29, 0.717) is 19.6 Å². The SMILES string of the molecule is CCOC(=O)C(C)N(Cc1ccccc1)C(=O)CC12CC3CC(CC(C3)C1)C2. The maximum Gasteiger partial charge on any atom is 0.328 e. The minimum atomic E-state index is -0.554. The lowest BCUT2D eigenvalue weighted by molar-refractivity contribution is -0.157. The first-order chi connectivity index (χ1) is 13.5. The molecule has 1 amide bonds. The van der Waals surface area contributed by atoms with Crippen LogP contribution in [0.25, 0.3) is 0 Å². The summed E-state index contributed by atoms with van der Waals surface area (Å²) in [5.74, 6) is 2.28. The van der Waals surface area contributed by atoms with Crippen LogP contribution in [0.3, 0.4) is 0 Å². The molecular weight excluding hydrogens is 350 g/mol. The van der Waals surface area contributed by atoms with Gasteiger partial charge in [0.25, 0.3) is 0 Å². The second-order valence-corrected chi connectivity index (χ2v) is 9.53. The standard InChI is InChI=1S/C24H33NO3/c1-3-28-23(27)17(2)25(16-18-7-5-4-6-8-18)22(26)15-24-12-19-9-20(13-24)11-21(10-19)14-24/h4-8,17,19-21H,3,9-16H2,1-2H3. The quantitative estimate of drug-likeness (QED) is 0.648. The van der Waals surface area contributed by atoms with Crippen LogP contribution >= 0.6 is 0 Å². The van der Waals surface area contributed by atoms with Gasteiger partial charge in [0.2, 0.25) is 5.91 Å². The molecule has 0 saturated heterocycles. The van der Waals surface area contributed by atoms with Gasteiger partial charge in [-0.3, -0.25) is 4.79 Å². The van der Waals surface area contributed by atoms with Gasteiger partial charge in [0.1, 0.15) is 6.04 Å². The van der Waals surface area contributed by atoms with Crippen LogP contribution in [0.2, 0.25) is 0 Å². The van der Waals surface area contributed by atoms with E-state index in [9.17, 15) is 9.59 Å². The highest BCUT2D eigenvalue weighted by atomic mass is 16.5. The summed E-state index contributed by atoms with van der Waals surface area (Å²) >= 11 is 0. The summed E-state index contributed by atoms with van der Waals surface area (Å²) in [6.07, 6.45) is 8.33. The van der Waals surface area contributed by atoms with E-state index in [1.165, 1.54) is 38.5 Å². The Bertz CT molecular complexity index is 679. The molecule has 0 N–H and O–H groups in total. The zero-order valence-corrected chi connectivity index (χ0v) is 17.2. The van der Waals surface area contributed by atoms with E-state index in [0.717, 1.165) is 23.3 Å². The number of hydrogen-bond acceptors (Lipinski definition) is 3. The topological polar surface area (TPSA) is 46.6 Å². The third-order valence-corrected chi connectivity index (χ3v) is 7.30. The molecule has 4 nitrogen and oxygen atoms in total. The minimum absolute atomic E-state index is 0.117. The Morgan fingerprint density at radius 2 is 1.64 bits per heavy atom. The molecule has 0 aliphatic heterocycles. The molecule has 4 aliphatic rings. The van der Waals surface area contributed by atoms with Crippen LogP contribution in [0.5, 0.6) is 0 Å². The summed E-state index contributed by atoms with van der Waals surface area (Å²) in [5.41, 5.74) is 1.23. The maximum atomic E-state index is 13.5. The highest BCUT2D eigenvalue weighted by Crippen LogP contribution is 2.61. The average molecular weight is 384 g/mol. The zero-order valence-electron chi connectivity index (χ0n) is 17.2. The number of esters is 1. The van der Waals surface area contributed by atoms with Crippen molar-refractivity contribution in [1.29, 1.82) is 0 Å². The third-order valence-electron chi connectivity index (χ3n) is 7.30. The molecule has 4 aliphatic carbocycles. The number of rotatable bonds is 7. The van der Waals surface area contributed by atoms with Crippen LogP contribution < -0.4 is 0 Å². The molecular formula is C24H33NO3. The van der Waals surface area contributed by atoms with Gasteiger partial charge in [-0.25, -0.2) is 4.79 Å². The Kier molecular flexibility index (Phi) is 5.48. The van der Waals surface area contributed by atoms with Crippen LogP contribution in [0, 0.1) is 23.2 Å². The van der Waals surface area contributed by atoms with Crippen molar-refractivity contribution in [2.24, 2.45) is 23.2 Å². The van der Waals surface area contributed by atoms with Crippen molar-refractivity contribution in [1.82, 2.24) is 4.90 Å². The van der Waals surface area contributed by atoms with Gasteiger partial charge in [-0.05, 0) is 81.1 Å². The normalized spacial score (nSPS) is 31.4. The first-order valence-electron chi connectivity index (χ1n) is 11.0. The number of amides is 1. The van der Waals surface area contributed by atoms with Gasteiger partial charge in [-0.2, -0.15) is 0 Å². The number of benzene rings is 1. The average Bonchev–Trinajstić information content (AvgIpc) is 2.65. The van der Waals surface area contributed by atoms with Crippen molar-refractivity contribution < 1.29 is 14.3 Å².